The predicted octanol–water partition coefficient (Wildman–Crippen LogP) is 1.93. The van der Waals surface area contributed by atoms with Crippen molar-refractivity contribution in [2.75, 3.05) is 35.5 Å². The minimum absolute atomic E-state index is 0. The number of ether oxygens (including phenoxy) is 4. The molecule has 0 aliphatic rings. The van der Waals surface area contributed by atoms with Gasteiger partial charge < -0.3 is 50.6 Å². The average Bonchev–Trinajstić information content (AvgIpc) is 3.28. The first-order valence-electron chi connectivity index (χ1n) is 18.0. The van der Waals surface area contributed by atoms with Crippen LogP contribution in [0.1, 0.15) is 22.3 Å². The molecule has 0 saturated heterocycles. The third-order valence-electron chi connectivity index (χ3n) is 8.05. The number of nitrogens with zero attached hydrogens (tertiary/aromatic N) is 4. The Hall–Kier alpha value is -6.56. The molecule has 0 saturated carbocycles. The van der Waals surface area contributed by atoms with Gasteiger partial charge in [-0.05, 0) is 70.8 Å². The van der Waals surface area contributed by atoms with Gasteiger partial charge in [0.05, 0.1) is 51.2 Å². The van der Waals surface area contributed by atoms with Crippen LogP contribution in [-0.4, -0.2) is 65.5 Å². The fraction of sp³-hybridized carbons (Fsp3) is 0.111. The molecule has 5 N–H and O–H groups in total. The van der Waals surface area contributed by atoms with Crippen molar-refractivity contribution in [3.05, 3.63) is 144 Å². The van der Waals surface area contributed by atoms with E-state index in [-0.39, 0.29) is 85.1 Å². The fourth-order valence-corrected chi connectivity index (χ4v) is 5.10. The first-order valence-corrected chi connectivity index (χ1v) is 19.3. The standard InChI is InChI=1S/2C22H20N2O4.CH4O.ClHO4.H3N.2Ni/c2*1-27-19-11-5-7-15(21(19)25)13-23-17-9-3-4-10-18(17)24-14-16-8-6-12-20(28-2)22(16)26;1-2;2-1(3,4)5;;;/h2*3-14,25-26H,1-2H3;2H,1H3;(H,2,3,4,5);1H3;;/q;;;;;2*+2/p-4. The van der Waals surface area contributed by atoms with Gasteiger partial charge in [-0.25, -0.2) is 18.6 Å². The molecule has 0 heterocycles. The number of para-hydroxylation sites is 8. The second-order valence-corrected chi connectivity index (χ2v) is 12.7. The summed E-state index contributed by atoms with van der Waals surface area (Å²) >= 11 is 0. The van der Waals surface area contributed by atoms with E-state index >= 15 is 0 Å². The van der Waals surface area contributed by atoms with Gasteiger partial charge in [0.1, 0.15) is 23.0 Å². The summed E-state index contributed by atoms with van der Waals surface area (Å²) in [6.45, 7) is 0. The topological polar surface area (TPSA) is 328 Å². The van der Waals surface area contributed by atoms with E-state index in [1.807, 2.05) is 24.3 Å². The Morgan fingerprint density at radius 3 is 0.727 bits per heavy atom. The van der Waals surface area contributed by atoms with Gasteiger partial charge in [-0.1, -0.05) is 95.8 Å². The summed E-state index contributed by atoms with van der Waals surface area (Å²) in [6, 6.07) is 34.4. The van der Waals surface area contributed by atoms with E-state index in [0.717, 1.165) is 7.11 Å². The van der Waals surface area contributed by atoms with E-state index in [0.29, 0.717) is 45.0 Å². The van der Waals surface area contributed by atoms with E-state index in [4.69, 9.17) is 42.7 Å². The van der Waals surface area contributed by atoms with Gasteiger partial charge in [0, 0.05) is 32.0 Å². The van der Waals surface area contributed by atoms with Gasteiger partial charge in [-0.15, -0.1) is 10.2 Å². The molecule has 6 aromatic rings. The number of quaternary nitrogens is 1. The first-order chi connectivity index (χ1) is 30.3. The summed E-state index contributed by atoms with van der Waals surface area (Å²) in [5.74, 6) is 0.105. The van der Waals surface area contributed by atoms with Crippen molar-refractivity contribution in [1.29, 1.82) is 0 Å². The Balaban J connectivity index is 0.00000108. The Morgan fingerprint density at radius 1 is 0.379 bits per heavy atom. The maximum atomic E-state index is 12.2. The smallest absolute Gasteiger partial charge is 0.870 e. The van der Waals surface area contributed by atoms with Gasteiger partial charge in [-0.2, -0.15) is 0 Å². The monoisotopic (exact) mass is 1010 g/mol. The van der Waals surface area contributed by atoms with Crippen LogP contribution in [0.3, 0.4) is 0 Å². The summed E-state index contributed by atoms with van der Waals surface area (Å²) < 4.78 is 54.1. The molecule has 0 fully saturated rings. The zero-order valence-corrected chi connectivity index (χ0v) is 38.7. The molecule has 66 heavy (non-hydrogen) atoms. The van der Waals surface area contributed by atoms with E-state index < -0.39 is 10.2 Å². The summed E-state index contributed by atoms with van der Waals surface area (Å²) in [4.78, 5) is 17.5. The third-order valence-corrected chi connectivity index (χ3v) is 8.05. The molecule has 0 atom stereocenters. The zero-order valence-electron chi connectivity index (χ0n) is 36.0. The first kappa shape index (κ1) is 59.4. The van der Waals surface area contributed by atoms with Crippen molar-refractivity contribution in [1.82, 2.24) is 6.15 Å². The molecular formula is C45H44ClN5Ni2O13. The van der Waals surface area contributed by atoms with E-state index in [1.54, 1.807) is 97.1 Å². The summed E-state index contributed by atoms with van der Waals surface area (Å²) in [6.07, 6.45) is 5.90. The predicted molar refractivity (Wildman–Crippen MR) is 226 cm³/mol. The van der Waals surface area contributed by atoms with Crippen molar-refractivity contribution < 1.29 is 106 Å². The number of aliphatic imine (C=N–C) groups is 4. The zero-order chi connectivity index (χ0) is 46.4. The van der Waals surface area contributed by atoms with E-state index in [9.17, 15) is 20.4 Å². The molecule has 18 nitrogen and oxygen atoms in total. The van der Waals surface area contributed by atoms with Gasteiger partial charge in [-0.3, -0.25) is 20.0 Å². The molecule has 0 aliphatic carbocycles. The number of aliphatic hydroxyl groups is 1. The molecule has 6 rings (SSSR count). The Labute approximate surface area is 403 Å². The quantitative estimate of drug-likeness (QED) is 0.131. The van der Waals surface area contributed by atoms with Gasteiger partial charge in [0.15, 0.2) is 0 Å². The molecule has 0 aromatic heterocycles. The van der Waals surface area contributed by atoms with Crippen LogP contribution < -0.4 is 64.2 Å². The number of hydrogen-bond acceptors (Lipinski definition) is 17. The van der Waals surface area contributed by atoms with Crippen LogP contribution in [0, 0.1) is 10.2 Å². The minimum atomic E-state index is -4.94. The minimum Gasteiger partial charge on any atom is -0.870 e. The molecule has 21 heteroatoms. The van der Waals surface area contributed by atoms with Crippen LogP contribution in [-0.2, 0) is 33.0 Å². The second kappa shape index (κ2) is 30.6. The Kier molecular flexibility index (Phi) is 27.5. The van der Waals surface area contributed by atoms with Crippen LogP contribution in [0.15, 0.2) is 141 Å². The Morgan fingerprint density at radius 2 is 0.561 bits per heavy atom. The van der Waals surface area contributed by atoms with E-state index in [1.165, 1.54) is 53.3 Å². The van der Waals surface area contributed by atoms with Crippen LogP contribution in [0.25, 0.3) is 0 Å². The normalized spacial score (nSPS) is 10.5. The summed E-state index contributed by atoms with van der Waals surface area (Å²) in [5.41, 5.74) is 3.90. The largest absolute Gasteiger partial charge is 2.00 e. The number of aliphatic hydroxyl groups excluding tert-OH is 1. The number of hydrogen-bond donors (Lipinski definition) is 2. The van der Waals surface area contributed by atoms with Crippen molar-refractivity contribution >= 4 is 47.6 Å². The molecule has 0 aliphatic heterocycles. The summed E-state index contributed by atoms with van der Waals surface area (Å²) in [5, 5.41) is 55.9. The fourth-order valence-electron chi connectivity index (χ4n) is 5.10. The SMILES string of the molecule is CO.COc1cccc(C=Nc2ccccc2N=Cc2cccc(OC)c2[O-])c1[O-].COc1cccc(C=Nc2ccccc2N=Cc2cccc(OC)c2[O-])c1[O-].[NH4+].[Ni+2].[Ni+2].[O-][Cl+3]([O-])([O-])[O-]. The van der Waals surface area contributed by atoms with Crippen molar-refractivity contribution in [3.8, 4) is 46.0 Å². The van der Waals surface area contributed by atoms with Gasteiger partial charge in [0.25, 0.3) is 0 Å². The Bertz CT molecular complexity index is 2190. The average molecular weight is 1020 g/mol. The number of benzene rings is 6. The number of rotatable bonds is 12. The summed E-state index contributed by atoms with van der Waals surface area (Å²) in [7, 11) is 1.85. The van der Waals surface area contributed by atoms with Crippen molar-refractivity contribution in [2.45, 2.75) is 0 Å². The van der Waals surface area contributed by atoms with Crippen LogP contribution >= 0.6 is 0 Å². The van der Waals surface area contributed by atoms with Crippen molar-refractivity contribution in [3.63, 3.8) is 0 Å². The van der Waals surface area contributed by atoms with Crippen LogP contribution in [0.5, 0.6) is 46.0 Å². The molecule has 0 bridgehead atoms. The number of halogens is 1. The molecule has 0 spiro atoms. The van der Waals surface area contributed by atoms with Crippen molar-refractivity contribution in [2.24, 2.45) is 20.0 Å². The third kappa shape index (κ3) is 18.5. The second-order valence-electron chi connectivity index (χ2n) is 11.9. The van der Waals surface area contributed by atoms with Gasteiger partial charge >= 0.3 is 33.0 Å². The van der Waals surface area contributed by atoms with E-state index in [2.05, 4.69) is 20.0 Å². The molecule has 0 radical (unpaired) electrons. The number of methoxy groups -OCH3 is 4. The molecule has 0 amide bonds. The molecular weight excluding hydrogens is 971 g/mol. The van der Waals surface area contributed by atoms with Crippen LogP contribution in [0.2, 0.25) is 0 Å². The maximum absolute atomic E-state index is 12.2. The molecule has 354 valence electrons. The van der Waals surface area contributed by atoms with Gasteiger partial charge in [0.2, 0.25) is 0 Å². The molecule has 0 unspecified atom stereocenters. The molecule has 6 aromatic carbocycles. The maximum Gasteiger partial charge on any atom is 2.00 e. The van der Waals surface area contributed by atoms with Crippen LogP contribution in [0.4, 0.5) is 22.7 Å².